The maximum absolute atomic E-state index is 13.3. The second kappa shape index (κ2) is 8.89. The van der Waals surface area contributed by atoms with Crippen LogP contribution in [0.3, 0.4) is 0 Å². The van der Waals surface area contributed by atoms with Crippen LogP contribution in [-0.2, 0) is 12.7 Å². The van der Waals surface area contributed by atoms with Gasteiger partial charge in [0.25, 0.3) is 0 Å². The second-order valence-corrected chi connectivity index (χ2v) is 9.65. The fourth-order valence-electron chi connectivity index (χ4n) is 4.44. The second-order valence-electron chi connectivity index (χ2n) is 9.65. The van der Waals surface area contributed by atoms with Gasteiger partial charge in [-0.3, -0.25) is 0 Å². The third-order valence-electron chi connectivity index (χ3n) is 6.54. The molecule has 6 rings (SSSR count). The van der Waals surface area contributed by atoms with Crippen LogP contribution in [0.5, 0.6) is 5.88 Å². The number of nitrogens with zero attached hydrogens (tertiary/aromatic N) is 8. The van der Waals surface area contributed by atoms with Crippen LogP contribution >= 0.6 is 0 Å². The molecule has 0 atom stereocenters. The molecule has 0 unspecified atom stereocenters. The number of aromatic hydroxyl groups is 1. The highest BCUT2D eigenvalue weighted by Crippen LogP contribution is 2.44. The average molecular weight is 521 g/mol. The van der Waals surface area contributed by atoms with Crippen LogP contribution in [0.15, 0.2) is 49.2 Å². The zero-order chi connectivity index (χ0) is 26.6. The molecule has 1 aliphatic carbocycles. The number of hydrogen-bond donors (Lipinski definition) is 1. The van der Waals surface area contributed by atoms with Gasteiger partial charge in [-0.2, -0.15) is 18.3 Å². The van der Waals surface area contributed by atoms with Gasteiger partial charge in [0.05, 0.1) is 23.8 Å². The van der Waals surface area contributed by atoms with E-state index >= 15 is 0 Å². The van der Waals surface area contributed by atoms with E-state index < -0.39 is 11.9 Å². The van der Waals surface area contributed by atoms with Gasteiger partial charge >= 0.3 is 6.18 Å². The molecule has 1 N–H and O–H groups in total. The molecule has 12 heteroatoms. The Hall–Kier alpha value is -4.35. The van der Waals surface area contributed by atoms with Crippen LogP contribution in [0.2, 0.25) is 0 Å². The highest BCUT2D eigenvalue weighted by molar-refractivity contribution is 5.77. The van der Waals surface area contributed by atoms with E-state index in [2.05, 4.69) is 30.0 Å². The molecule has 5 aromatic rings. The molecule has 0 radical (unpaired) electrons. The highest BCUT2D eigenvalue weighted by Gasteiger charge is 2.35. The summed E-state index contributed by atoms with van der Waals surface area (Å²) in [6.07, 6.45) is 3.18. The standard InChI is InChI=1S/C26H23F3N8O/c1-14(2)36-12-19(26(27,28)29)34-23(36)17-5-3-15(4-6-17)11-37-24-18(10-33-37)9-30-22(35-24)20-21(16-7-8-16)31-13-32-25(20)38/h3-6,9-10,12-14,16H,7-8,11H2,1-2H3,(H,31,32,38). The van der Waals surface area contributed by atoms with Crippen molar-refractivity contribution in [1.82, 2.24) is 39.3 Å². The highest BCUT2D eigenvalue weighted by atomic mass is 19.4. The summed E-state index contributed by atoms with van der Waals surface area (Å²) in [6, 6.07) is 6.99. The Morgan fingerprint density at radius 1 is 1.03 bits per heavy atom. The largest absolute Gasteiger partial charge is 0.493 e. The van der Waals surface area contributed by atoms with Crippen LogP contribution in [0, 0.1) is 0 Å². The normalized spacial score (nSPS) is 14.1. The molecule has 1 fully saturated rings. The molecule has 38 heavy (non-hydrogen) atoms. The maximum Gasteiger partial charge on any atom is 0.434 e. The zero-order valence-corrected chi connectivity index (χ0v) is 20.6. The van der Waals surface area contributed by atoms with Gasteiger partial charge in [-0.25, -0.2) is 29.6 Å². The van der Waals surface area contributed by atoms with E-state index in [9.17, 15) is 18.3 Å². The molecule has 0 spiro atoms. The number of halogens is 3. The smallest absolute Gasteiger partial charge is 0.434 e. The van der Waals surface area contributed by atoms with E-state index in [1.54, 1.807) is 29.2 Å². The fourth-order valence-corrected chi connectivity index (χ4v) is 4.44. The lowest BCUT2D eigenvalue weighted by Gasteiger charge is -2.12. The van der Waals surface area contributed by atoms with E-state index in [-0.39, 0.29) is 23.7 Å². The summed E-state index contributed by atoms with van der Waals surface area (Å²) in [5.41, 5.74) is 2.31. The Morgan fingerprint density at radius 3 is 2.47 bits per heavy atom. The Labute approximate surface area is 215 Å². The zero-order valence-electron chi connectivity index (χ0n) is 20.6. The number of benzene rings is 1. The summed E-state index contributed by atoms with van der Waals surface area (Å²) in [5, 5.41) is 15.6. The van der Waals surface area contributed by atoms with Crippen LogP contribution in [0.25, 0.3) is 33.8 Å². The van der Waals surface area contributed by atoms with Crippen LogP contribution in [0.4, 0.5) is 13.2 Å². The summed E-state index contributed by atoms with van der Waals surface area (Å²) in [7, 11) is 0. The first kappa shape index (κ1) is 24.0. The molecule has 0 amide bonds. The fraction of sp³-hybridized carbons (Fsp3) is 0.308. The molecular formula is C26H23F3N8O. The van der Waals surface area contributed by atoms with E-state index in [0.717, 1.165) is 35.7 Å². The monoisotopic (exact) mass is 520 g/mol. The van der Waals surface area contributed by atoms with Gasteiger partial charge in [-0.1, -0.05) is 24.3 Å². The van der Waals surface area contributed by atoms with E-state index in [0.29, 0.717) is 29.1 Å². The van der Waals surface area contributed by atoms with Crippen molar-refractivity contribution in [3.63, 3.8) is 0 Å². The Bertz CT molecular complexity index is 1640. The van der Waals surface area contributed by atoms with Crippen molar-refractivity contribution in [3.05, 3.63) is 66.1 Å². The first-order valence-corrected chi connectivity index (χ1v) is 12.2. The average Bonchev–Trinajstić information content (AvgIpc) is 3.50. The Kier molecular flexibility index (Phi) is 5.62. The third kappa shape index (κ3) is 4.35. The summed E-state index contributed by atoms with van der Waals surface area (Å²) in [6.45, 7) is 4.00. The molecule has 194 valence electrons. The SMILES string of the molecule is CC(C)n1cc(C(F)(F)F)nc1-c1ccc(Cn2ncc3cnc(-c4c(O)ncnc4C4CC4)nc32)cc1. The van der Waals surface area contributed by atoms with E-state index in [4.69, 9.17) is 0 Å². The van der Waals surface area contributed by atoms with Gasteiger partial charge in [0.1, 0.15) is 17.7 Å². The van der Waals surface area contributed by atoms with Crippen molar-refractivity contribution >= 4 is 11.0 Å². The molecule has 0 bridgehead atoms. The number of fused-ring (bicyclic) bond motifs is 1. The first-order chi connectivity index (χ1) is 18.2. The van der Waals surface area contributed by atoms with Gasteiger partial charge in [0, 0.05) is 29.9 Å². The molecule has 0 aliphatic heterocycles. The topological polar surface area (TPSA) is 107 Å². The summed E-state index contributed by atoms with van der Waals surface area (Å²) in [5.74, 6) is 0.698. The van der Waals surface area contributed by atoms with Gasteiger partial charge < -0.3 is 9.67 Å². The lowest BCUT2D eigenvalue weighted by Crippen LogP contribution is -2.05. The predicted octanol–water partition coefficient (Wildman–Crippen LogP) is 5.38. The quantitative estimate of drug-likeness (QED) is 0.320. The summed E-state index contributed by atoms with van der Waals surface area (Å²) >= 11 is 0. The van der Waals surface area contributed by atoms with Crippen molar-refractivity contribution in [3.8, 4) is 28.7 Å². The van der Waals surface area contributed by atoms with E-state index in [1.807, 2.05) is 26.0 Å². The molecule has 1 aromatic carbocycles. The third-order valence-corrected chi connectivity index (χ3v) is 6.54. The summed E-state index contributed by atoms with van der Waals surface area (Å²) in [4.78, 5) is 21.2. The van der Waals surface area contributed by atoms with Crippen LogP contribution < -0.4 is 0 Å². The Balaban J connectivity index is 1.31. The molecule has 1 aliphatic rings. The lowest BCUT2D eigenvalue weighted by atomic mass is 10.1. The predicted molar refractivity (Wildman–Crippen MR) is 132 cm³/mol. The van der Waals surface area contributed by atoms with Crippen molar-refractivity contribution in [2.45, 2.75) is 51.4 Å². The van der Waals surface area contributed by atoms with Crippen molar-refractivity contribution in [2.24, 2.45) is 0 Å². The molecule has 4 aromatic heterocycles. The number of aromatic nitrogens is 8. The maximum atomic E-state index is 13.3. The molecule has 0 saturated heterocycles. The first-order valence-electron chi connectivity index (χ1n) is 12.2. The van der Waals surface area contributed by atoms with Crippen molar-refractivity contribution in [1.29, 1.82) is 0 Å². The van der Waals surface area contributed by atoms with Crippen LogP contribution in [-0.4, -0.2) is 44.4 Å². The van der Waals surface area contributed by atoms with Crippen molar-refractivity contribution in [2.75, 3.05) is 0 Å². The number of imidazole rings is 1. The molecule has 9 nitrogen and oxygen atoms in total. The Morgan fingerprint density at radius 2 is 1.79 bits per heavy atom. The number of rotatable bonds is 6. The minimum absolute atomic E-state index is 0.156. The lowest BCUT2D eigenvalue weighted by molar-refractivity contribution is -0.140. The van der Waals surface area contributed by atoms with Crippen molar-refractivity contribution < 1.29 is 18.3 Å². The molecular weight excluding hydrogens is 497 g/mol. The summed E-state index contributed by atoms with van der Waals surface area (Å²) < 4.78 is 43.0. The minimum Gasteiger partial charge on any atom is -0.493 e. The van der Waals surface area contributed by atoms with Gasteiger partial charge in [-0.05, 0) is 32.3 Å². The molecule has 4 heterocycles. The van der Waals surface area contributed by atoms with Gasteiger partial charge in [-0.15, -0.1) is 0 Å². The number of alkyl halides is 3. The van der Waals surface area contributed by atoms with Gasteiger partial charge in [0.2, 0.25) is 5.88 Å². The molecule has 1 saturated carbocycles. The van der Waals surface area contributed by atoms with Crippen LogP contribution in [0.1, 0.15) is 55.6 Å². The van der Waals surface area contributed by atoms with E-state index in [1.165, 1.54) is 10.9 Å². The number of hydrogen-bond acceptors (Lipinski definition) is 7. The van der Waals surface area contributed by atoms with Gasteiger partial charge in [0.15, 0.2) is 17.2 Å². The minimum atomic E-state index is -4.52.